The van der Waals surface area contributed by atoms with Gasteiger partial charge in [-0.1, -0.05) is 32.8 Å². The number of rotatable bonds is 6. The maximum Gasteiger partial charge on any atom is 0.331 e. The summed E-state index contributed by atoms with van der Waals surface area (Å²) in [4.78, 5) is 13.3. The second-order valence-electron chi connectivity index (χ2n) is 4.41. The Morgan fingerprint density at radius 3 is 2.44 bits per heavy atom. The number of aliphatic carboxylic acids is 1. The SMILES string of the molecule is CCC(=CCN(CC)C1CCCC1)C(=O)O. The second kappa shape index (κ2) is 6.69. The zero-order valence-corrected chi connectivity index (χ0v) is 10.4. The molecule has 0 unspecified atom stereocenters. The third-order valence-electron chi connectivity index (χ3n) is 3.48. The molecule has 3 heteroatoms. The van der Waals surface area contributed by atoms with Crippen molar-refractivity contribution < 1.29 is 9.90 Å². The third kappa shape index (κ3) is 3.63. The number of likely N-dealkylation sites (N-methyl/N-ethyl adjacent to an activating group) is 1. The molecule has 0 aromatic heterocycles. The summed E-state index contributed by atoms with van der Waals surface area (Å²) in [5, 5.41) is 8.94. The molecule has 16 heavy (non-hydrogen) atoms. The molecule has 0 saturated heterocycles. The van der Waals surface area contributed by atoms with Crippen LogP contribution in [0, 0.1) is 0 Å². The average Bonchev–Trinajstić information content (AvgIpc) is 2.77. The van der Waals surface area contributed by atoms with Gasteiger partial charge in [-0.15, -0.1) is 0 Å². The summed E-state index contributed by atoms with van der Waals surface area (Å²) in [5.74, 6) is -0.773. The van der Waals surface area contributed by atoms with Crippen LogP contribution in [0.25, 0.3) is 0 Å². The highest BCUT2D eigenvalue weighted by atomic mass is 16.4. The Hall–Kier alpha value is -0.830. The first-order valence-electron chi connectivity index (χ1n) is 6.35. The number of nitrogens with zero attached hydrogens (tertiary/aromatic N) is 1. The summed E-state index contributed by atoms with van der Waals surface area (Å²) >= 11 is 0. The average molecular weight is 225 g/mol. The van der Waals surface area contributed by atoms with Crippen LogP contribution in [-0.4, -0.2) is 35.1 Å². The fraction of sp³-hybridized carbons (Fsp3) is 0.769. The number of hydrogen-bond donors (Lipinski definition) is 1. The van der Waals surface area contributed by atoms with Gasteiger partial charge in [0.25, 0.3) is 0 Å². The lowest BCUT2D eigenvalue weighted by Gasteiger charge is -2.26. The molecule has 0 bridgehead atoms. The molecule has 0 amide bonds. The molecule has 3 nitrogen and oxygen atoms in total. The Morgan fingerprint density at radius 1 is 1.38 bits per heavy atom. The molecule has 92 valence electrons. The van der Waals surface area contributed by atoms with E-state index in [4.69, 9.17) is 5.11 Å². The molecule has 1 rings (SSSR count). The molecule has 1 aliphatic rings. The lowest BCUT2D eigenvalue weighted by atomic mass is 10.1. The molecule has 0 atom stereocenters. The van der Waals surface area contributed by atoms with Gasteiger partial charge in [0.2, 0.25) is 0 Å². The van der Waals surface area contributed by atoms with Gasteiger partial charge in [0.1, 0.15) is 0 Å². The highest BCUT2D eigenvalue weighted by Crippen LogP contribution is 2.23. The number of carboxylic acids is 1. The minimum absolute atomic E-state index is 0.538. The fourth-order valence-electron chi connectivity index (χ4n) is 2.42. The normalized spacial score (nSPS) is 18.3. The van der Waals surface area contributed by atoms with Crippen LogP contribution in [0.1, 0.15) is 46.0 Å². The van der Waals surface area contributed by atoms with Gasteiger partial charge >= 0.3 is 5.97 Å². The number of hydrogen-bond acceptors (Lipinski definition) is 2. The van der Waals surface area contributed by atoms with Gasteiger partial charge in [0.05, 0.1) is 0 Å². The van der Waals surface area contributed by atoms with Crippen LogP contribution in [0.3, 0.4) is 0 Å². The largest absolute Gasteiger partial charge is 0.478 e. The maximum atomic E-state index is 10.9. The van der Waals surface area contributed by atoms with Gasteiger partial charge in [0.15, 0.2) is 0 Å². The van der Waals surface area contributed by atoms with Gasteiger partial charge in [-0.05, 0) is 25.8 Å². The molecule has 1 fully saturated rings. The van der Waals surface area contributed by atoms with E-state index in [0.717, 1.165) is 13.1 Å². The van der Waals surface area contributed by atoms with Crippen molar-refractivity contribution in [2.24, 2.45) is 0 Å². The zero-order valence-electron chi connectivity index (χ0n) is 10.4. The van der Waals surface area contributed by atoms with Crippen LogP contribution in [0.2, 0.25) is 0 Å². The topological polar surface area (TPSA) is 40.5 Å². The first-order chi connectivity index (χ1) is 7.69. The number of carboxylic acid groups (broad SMARTS) is 1. The zero-order chi connectivity index (χ0) is 12.0. The molecule has 1 N–H and O–H groups in total. The summed E-state index contributed by atoms with van der Waals surface area (Å²) in [6.45, 7) is 5.85. The van der Waals surface area contributed by atoms with E-state index in [-0.39, 0.29) is 0 Å². The molecule has 1 aliphatic carbocycles. The van der Waals surface area contributed by atoms with E-state index in [9.17, 15) is 4.79 Å². The van der Waals surface area contributed by atoms with E-state index in [2.05, 4.69) is 11.8 Å². The molecule has 0 radical (unpaired) electrons. The smallest absolute Gasteiger partial charge is 0.331 e. The van der Waals surface area contributed by atoms with Crippen LogP contribution < -0.4 is 0 Å². The minimum atomic E-state index is -0.773. The van der Waals surface area contributed by atoms with E-state index >= 15 is 0 Å². The van der Waals surface area contributed by atoms with Crippen molar-refractivity contribution in [1.29, 1.82) is 0 Å². The van der Waals surface area contributed by atoms with Crippen molar-refractivity contribution in [3.63, 3.8) is 0 Å². The van der Waals surface area contributed by atoms with Gasteiger partial charge < -0.3 is 5.11 Å². The van der Waals surface area contributed by atoms with Crippen molar-refractivity contribution >= 4 is 5.97 Å². The van der Waals surface area contributed by atoms with Crippen LogP contribution in [-0.2, 0) is 4.79 Å². The van der Waals surface area contributed by atoms with Gasteiger partial charge in [-0.3, -0.25) is 4.90 Å². The Balaban J connectivity index is 2.52. The van der Waals surface area contributed by atoms with E-state index < -0.39 is 5.97 Å². The minimum Gasteiger partial charge on any atom is -0.478 e. The van der Waals surface area contributed by atoms with Crippen LogP contribution >= 0.6 is 0 Å². The summed E-state index contributed by atoms with van der Waals surface area (Å²) in [7, 11) is 0. The lowest BCUT2D eigenvalue weighted by molar-refractivity contribution is -0.132. The predicted octanol–water partition coefficient (Wildman–Crippen LogP) is 2.67. The molecular formula is C13H23NO2. The van der Waals surface area contributed by atoms with Crippen molar-refractivity contribution in [2.75, 3.05) is 13.1 Å². The molecule has 0 spiro atoms. The molecule has 0 heterocycles. The molecule has 0 aromatic rings. The standard InChI is InChI=1S/C13H23NO2/c1-3-11(13(15)16)9-10-14(4-2)12-7-5-6-8-12/h9,12H,3-8,10H2,1-2H3,(H,15,16). The van der Waals surface area contributed by atoms with Gasteiger partial charge in [0, 0.05) is 18.2 Å². The molecule has 0 aromatic carbocycles. The highest BCUT2D eigenvalue weighted by Gasteiger charge is 2.20. The predicted molar refractivity (Wildman–Crippen MR) is 65.5 cm³/mol. The van der Waals surface area contributed by atoms with E-state index in [0.29, 0.717) is 18.0 Å². The van der Waals surface area contributed by atoms with E-state index in [1.54, 1.807) is 0 Å². The van der Waals surface area contributed by atoms with E-state index in [1.807, 2.05) is 13.0 Å². The van der Waals surface area contributed by atoms with Crippen molar-refractivity contribution in [3.05, 3.63) is 11.6 Å². The summed E-state index contributed by atoms with van der Waals surface area (Å²) < 4.78 is 0. The Labute approximate surface area is 98.1 Å². The monoisotopic (exact) mass is 225 g/mol. The molecule has 1 saturated carbocycles. The van der Waals surface area contributed by atoms with Crippen molar-refractivity contribution in [3.8, 4) is 0 Å². The molecule has 0 aliphatic heterocycles. The first kappa shape index (κ1) is 13.2. The molecular weight excluding hydrogens is 202 g/mol. The van der Waals surface area contributed by atoms with Crippen LogP contribution in [0.15, 0.2) is 11.6 Å². The van der Waals surface area contributed by atoms with Crippen LogP contribution in [0.4, 0.5) is 0 Å². The first-order valence-corrected chi connectivity index (χ1v) is 6.35. The van der Waals surface area contributed by atoms with Gasteiger partial charge in [-0.2, -0.15) is 0 Å². The Kier molecular flexibility index (Phi) is 5.53. The second-order valence-corrected chi connectivity index (χ2v) is 4.41. The van der Waals surface area contributed by atoms with Crippen LogP contribution in [0.5, 0.6) is 0 Å². The Morgan fingerprint density at radius 2 is 2.00 bits per heavy atom. The highest BCUT2D eigenvalue weighted by molar-refractivity contribution is 5.86. The lowest BCUT2D eigenvalue weighted by Crippen LogP contribution is -2.33. The summed E-state index contributed by atoms with van der Waals surface area (Å²) in [5.41, 5.74) is 0.538. The third-order valence-corrected chi connectivity index (χ3v) is 3.48. The van der Waals surface area contributed by atoms with Crippen molar-refractivity contribution in [1.82, 2.24) is 4.90 Å². The van der Waals surface area contributed by atoms with Crippen molar-refractivity contribution in [2.45, 2.75) is 52.0 Å². The van der Waals surface area contributed by atoms with E-state index in [1.165, 1.54) is 25.7 Å². The fourth-order valence-corrected chi connectivity index (χ4v) is 2.42. The quantitative estimate of drug-likeness (QED) is 0.706. The van der Waals surface area contributed by atoms with Gasteiger partial charge in [-0.25, -0.2) is 4.79 Å². The number of carbonyl (C=O) groups is 1. The Bertz CT molecular complexity index is 255. The maximum absolute atomic E-state index is 10.9. The summed E-state index contributed by atoms with van der Waals surface area (Å²) in [6.07, 6.45) is 7.68. The summed E-state index contributed by atoms with van der Waals surface area (Å²) in [6, 6.07) is 0.674.